The topological polar surface area (TPSA) is 59.5 Å². The first-order valence-electron chi connectivity index (χ1n) is 9.87. The second-order valence-electron chi connectivity index (χ2n) is 7.09. The van der Waals surface area contributed by atoms with E-state index in [1.807, 2.05) is 6.92 Å². The molecule has 1 atom stereocenters. The number of anilines is 1. The van der Waals surface area contributed by atoms with Crippen molar-refractivity contribution in [2.24, 2.45) is 0 Å². The Morgan fingerprint density at radius 3 is 2.73 bits per heavy atom. The molecule has 0 N–H and O–H groups in total. The molecule has 1 unspecified atom stereocenters. The Morgan fingerprint density at radius 2 is 2.00 bits per heavy atom. The van der Waals surface area contributed by atoms with Crippen LogP contribution in [0.3, 0.4) is 0 Å². The molecule has 0 saturated carbocycles. The molecule has 1 aromatic heterocycles. The van der Waals surface area contributed by atoms with Gasteiger partial charge < -0.3 is 9.64 Å². The van der Waals surface area contributed by atoms with Gasteiger partial charge in [0.25, 0.3) is 0 Å². The van der Waals surface area contributed by atoms with Crippen molar-refractivity contribution < 1.29 is 18.7 Å². The maximum Gasteiger partial charge on any atom is 0.339 e. The van der Waals surface area contributed by atoms with E-state index in [2.05, 4.69) is 4.98 Å². The average molecular weight is 404 g/mol. The van der Waals surface area contributed by atoms with Gasteiger partial charge in [-0.2, -0.15) is 0 Å². The van der Waals surface area contributed by atoms with E-state index in [0.717, 1.165) is 11.3 Å². The molecule has 1 aliphatic rings. The molecule has 0 radical (unpaired) electrons. The van der Waals surface area contributed by atoms with Crippen LogP contribution < -0.4 is 4.90 Å². The molecule has 2 aromatic carbocycles. The molecule has 0 fully saturated rings. The number of amides is 1. The van der Waals surface area contributed by atoms with Gasteiger partial charge >= 0.3 is 5.97 Å². The van der Waals surface area contributed by atoms with E-state index < -0.39 is 17.9 Å². The van der Waals surface area contributed by atoms with Gasteiger partial charge in [-0.05, 0) is 54.4 Å². The van der Waals surface area contributed by atoms with Crippen LogP contribution in [0.4, 0.5) is 10.1 Å². The number of hydrogen-bond donors (Lipinski definition) is 0. The number of halogens is 1. The summed E-state index contributed by atoms with van der Waals surface area (Å²) in [6.45, 7) is 2.44. The van der Waals surface area contributed by atoms with Crippen LogP contribution in [0.2, 0.25) is 0 Å². The number of ether oxygens (including phenoxy) is 1. The van der Waals surface area contributed by atoms with Crippen LogP contribution in [0, 0.1) is 5.82 Å². The Bertz CT molecular complexity index is 1080. The van der Waals surface area contributed by atoms with Gasteiger partial charge in [0.1, 0.15) is 5.82 Å². The third-order valence-corrected chi connectivity index (χ3v) is 5.15. The Kier molecular flexibility index (Phi) is 5.57. The normalized spacial score (nSPS) is 13.6. The molecule has 3 aromatic rings. The van der Waals surface area contributed by atoms with Crippen molar-refractivity contribution in [2.75, 3.05) is 11.4 Å². The smallest absolute Gasteiger partial charge is 0.339 e. The van der Waals surface area contributed by atoms with E-state index in [4.69, 9.17) is 4.74 Å². The molecule has 4 rings (SSSR count). The predicted octanol–water partition coefficient (Wildman–Crippen LogP) is 4.47. The third kappa shape index (κ3) is 3.94. The van der Waals surface area contributed by atoms with Gasteiger partial charge in [0.2, 0.25) is 5.91 Å². The fourth-order valence-corrected chi connectivity index (χ4v) is 3.65. The molecular formula is C24H21FN2O3. The molecule has 0 aliphatic carbocycles. The second kappa shape index (κ2) is 8.45. The van der Waals surface area contributed by atoms with Crippen LogP contribution in [0.15, 0.2) is 66.9 Å². The largest absolute Gasteiger partial charge is 0.447 e. The molecule has 0 spiro atoms. The highest BCUT2D eigenvalue weighted by molar-refractivity contribution is 5.97. The summed E-state index contributed by atoms with van der Waals surface area (Å²) in [7, 11) is 0. The van der Waals surface area contributed by atoms with Gasteiger partial charge in [-0.1, -0.05) is 25.1 Å². The third-order valence-electron chi connectivity index (χ3n) is 5.15. The first kappa shape index (κ1) is 19.8. The number of rotatable bonds is 5. The van der Waals surface area contributed by atoms with Gasteiger partial charge in [-0.25, -0.2) is 9.18 Å². The van der Waals surface area contributed by atoms with Crippen molar-refractivity contribution in [2.45, 2.75) is 25.9 Å². The van der Waals surface area contributed by atoms with Crippen LogP contribution in [-0.4, -0.2) is 23.4 Å². The van der Waals surface area contributed by atoms with Gasteiger partial charge in [0.15, 0.2) is 6.10 Å². The lowest BCUT2D eigenvalue weighted by Crippen LogP contribution is -2.27. The standard InChI is InChI=1S/C24H21FN2O3/c1-2-22(28)27-13-11-16-14-18(9-10-21(16)27)24(29)30-23(20-8-3-4-12-26-20)17-6-5-7-19(25)15-17/h3-10,12,14-15,23H,2,11,13H2,1H3. The number of aromatic nitrogens is 1. The number of carbonyl (C=O) groups is 2. The molecule has 0 saturated heterocycles. The van der Waals surface area contributed by atoms with Crippen LogP contribution in [0.1, 0.15) is 46.6 Å². The SMILES string of the molecule is CCC(=O)N1CCc2cc(C(=O)OC(c3cccc(F)c3)c3ccccn3)ccc21. The Balaban J connectivity index is 1.62. The fraction of sp³-hybridized carbons (Fsp3) is 0.208. The van der Waals surface area contributed by atoms with Crippen molar-refractivity contribution in [3.63, 3.8) is 0 Å². The maximum atomic E-state index is 13.8. The average Bonchev–Trinajstić information content (AvgIpc) is 3.20. The molecule has 0 bridgehead atoms. The summed E-state index contributed by atoms with van der Waals surface area (Å²) in [5.41, 5.74) is 3.17. The van der Waals surface area contributed by atoms with E-state index in [-0.39, 0.29) is 5.91 Å². The summed E-state index contributed by atoms with van der Waals surface area (Å²) >= 11 is 0. The van der Waals surface area contributed by atoms with E-state index in [1.165, 1.54) is 12.1 Å². The fourth-order valence-electron chi connectivity index (χ4n) is 3.65. The summed E-state index contributed by atoms with van der Waals surface area (Å²) in [6, 6.07) is 16.4. The molecule has 5 nitrogen and oxygen atoms in total. The monoisotopic (exact) mass is 404 g/mol. The Morgan fingerprint density at radius 1 is 1.13 bits per heavy atom. The van der Waals surface area contributed by atoms with Crippen molar-refractivity contribution >= 4 is 17.6 Å². The van der Waals surface area contributed by atoms with Crippen LogP contribution in [-0.2, 0) is 16.0 Å². The van der Waals surface area contributed by atoms with Crippen LogP contribution in [0.5, 0.6) is 0 Å². The lowest BCUT2D eigenvalue weighted by atomic mass is 10.0. The number of benzene rings is 2. The minimum absolute atomic E-state index is 0.0606. The number of esters is 1. The summed E-state index contributed by atoms with van der Waals surface area (Å²) < 4.78 is 19.6. The van der Waals surface area contributed by atoms with Crippen molar-refractivity contribution in [1.82, 2.24) is 4.98 Å². The van der Waals surface area contributed by atoms with Crippen LogP contribution >= 0.6 is 0 Å². The number of pyridine rings is 1. The summed E-state index contributed by atoms with van der Waals surface area (Å²) in [5.74, 6) is -0.883. The lowest BCUT2D eigenvalue weighted by Gasteiger charge is -2.19. The molecule has 1 amide bonds. The molecule has 1 aliphatic heterocycles. The Labute approximate surface area is 174 Å². The zero-order chi connectivity index (χ0) is 21.1. The van der Waals surface area contributed by atoms with E-state index >= 15 is 0 Å². The van der Waals surface area contributed by atoms with Gasteiger partial charge in [-0.3, -0.25) is 9.78 Å². The van der Waals surface area contributed by atoms with E-state index in [9.17, 15) is 14.0 Å². The number of nitrogens with zero attached hydrogens (tertiary/aromatic N) is 2. The number of carbonyl (C=O) groups excluding carboxylic acids is 2. The van der Waals surface area contributed by atoms with E-state index in [1.54, 1.807) is 59.6 Å². The van der Waals surface area contributed by atoms with Crippen molar-refractivity contribution in [3.05, 3.63) is 95.1 Å². The second-order valence-corrected chi connectivity index (χ2v) is 7.09. The Hall–Kier alpha value is -3.54. The summed E-state index contributed by atoms with van der Waals surface area (Å²) in [6.07, 6.45) is 1.89. The molecule has 2 heterocycles. The molecule has 152 valence electrons. The van der Waals surface area contributed by atoms with E-state index in [0.29, 0.717) is 36.2 Å². The van der Waals surface area contributed by atoms with Crippen molar-refractivity contribution in [1.29, 1.82) is 0 Å². The first-order valence-corrected chi connectivity index (χ1v) is 9.87. The van der Waals surface area contributed by atoms with Crippen molar-refractivity contribution in [3.8, 4) is 0 Å². The maximum absolute atomic E-state index is 13.8. The van der Waals surface area contributed by atoms with Crippen LogP contribution in [0.25, 0.3) is 0 Å². The number of fused-ring (bicyclic) bond motifs is 1. The summed E-state index contributed by atoms with van der Waals surface area (Å²) in [5, 5.41) is 0. The zero-order valence-electron chi connectivity index (χ0n) is 16.5. The first-order chi connectivity index (χ1) is 14.6. The molecule has 30 heavy (non-hydrogen) atoms. The predicted molar refractivity (Wildman–Crippen MR) is 111 cm³/mol. The highest BCUT2D eigenvalue weighted by Gasteiger charge is 2.26. The molecule has 6 heteroatoms. The minimum Gasteiger partial charge on any atom is -0.447 e. The minimum atomic E-state index is -0.833. The lowest BCUT2D eigenvalue weighted by molar-refractivity contribution is -0.118. The summed E-state index contributed by atoms with van der Waals surface area (Å²) in [4.78, 5) is 31.0. The van der Waals surface area contributed by atoms with Gasteiger partial charge in [0, 0.05) is 30.4 Å². The van der Waals surface area contributed by atoms with Gasteiger partial charge in [0.05, 0.1) is 11.3 Å². The quantitative estimate of drug-likeness (QED) is 0.589. The zero-order valence-corrected chi connectivity index (χ0v) is 16.5. The highest BCUT2D eigenvalue weighted by atomic mass is 19.1. The highest BCUT2D eigenvalue weighted by Crippen LogP contribution is 2.31. The number of hydrogen-bond acceptors (Lipinski definition) is 4. The van der Waals surface area contributed by atoms with Gasteiger partial charge in [-0.15, -0.1) is 0 Å². The molecular weight excluding hydrogens is 383 g/mol.